The van der Waals surface area contributed by atoms with Crippen LogP contribution in [0.3, 0.4) is 0 Å². The molecule has 0 aromatic carbocycles. The third kappa shape index (κ3) is 11.2. The van der Waals surface area contributed by atoms with Crippen molar-refractivity contribution in [3.8, 4) is 12.3 Å². The van der Waals surface area contributed by atoms with Crippen LogP contribution in [0, 0.1) is 18.3 Å². The third-order valence-corrected chi connectivity index (χ3v) is 18.4. The summed E-state index contributed by atoms with van der Waals surface area (Å²) in [4.78, 5) is 37.7. The molecule has 1 rings (SSSR count). The molecule has 1 heterocycles. The second kappa shape index (κ2) is 19.0. The van der Waals surface area contributed by atoms with E-state index in [0.29, 0.717) is 6.42 Å². The van der Waals surface area contributed by atoms with Crippen molar-refractivity contribution in [2.24, 2.45) is 5.92 Å². The summed E-state index contributed by atoms with van der Waals surface area (Å²) in [6.07, 6.45) is 13.6. The van der Waals surface area contributed by atoms with Crippen LogP contribution in [-0.2, 0) is 27.9 Å². The SMILES string of the molecule is C#CC(=O)C[C@@H](O[Si](CC)(CC)CC)[C@](/C=C/[C@@H]1OC(=O)C=C[C@@H]1CC)(CCNC(=O)OCC=C)O[Si](CC)(CC)CC. The average molecular weight is 634 g/mol. The second-order valence-corrected chi connectivity index (χ2v) is 20.6. The maximum Gasteiger partial charge on any atom is 0.407 e. The molecule has 4 atom stereocenters. The number of carbonyl (C=O) groups excluding carboxylic acids is 3. The van der Waals surface area contributed by atoms with Crippen LogP contribution in [0.1, 0.15) is 67.7 Å². The summed E-state index contributed by atoms with van der Waals surface area (Å²) < 4.78 is 25.4. The predicted molar refractivity (Wildman–Crippen MR) is 178 cm³/mol. The first kappa shape index (κ1) is 38.6. The summed E-state index contributed by atoms with van der Waals surface area (Å²) in [5, 5.41) is 2.83. The van der Waals surface area contributed by atoms with Crippen LogP contribution >= 0.6 is 0 Å². The van der Waals surface area contributed by atoms with E-state index in [9.17, 15) is 14.4 Å². The van der Waals surface area contributed by atoms with Crippen LogP contribution in [0.2, 0.25) is 36.3 Å². The number of alkyl carbamates (subject to hydrolysis) is 1. The minimum Gasteiger partial charge on any atom is -0.454 e. The van der Waals surface area contributed by atoms with Crippen molar-refractivity contribution in [3.63, 3.8) is 0 Å². The monoisotopic (exact) mass is 633 g/mol. The molecule has 0 bridgehead atoms. The number of rotatable bonds is 21. The van der Waals surface area contributed by atoms with Crippen LogP contribution in [0.15, 0.2) is 37.0 Å². The Bertz CT molecular complexity index is 997. The molecular formula is C33H55NO7Si2. The molecule has 43 heavy (non-hydrogen) atoms. The molecule has 1 amide bonds. The van der Waals surface area contributed by atoms with Crippen molar-refractivity contribution in [2.75, 3.05) is 13.2 Å². The van der Waals surface area contributed by atoms with Crippen molar-refractivity contribution in [2.45, 2.75) is 122 Å². The van der Waals surface area contributed by atoms with Crippen LogP contribution < -0.4 is 5.32 Å². The van der Waals surface area contributed by atoms with Gasteiger partial charge in [0.05, 0.1) is 6.10 Å². The number of nitrogens with one attached hydrogen (secondary N) is 1. The zero-order valence-electron chi connectivity index (χ0n) is 27.5. The molecule has 0 unspecified atom stereocenters. The van der Waals surface area contributed by atoms with Gasteiger partial charge in [-0.25, -0.2) is 9.59 Å². The second-order valence-electron chi connectivity index (χ2n) is 11.2. The van der Waals surface area contributed by atoms with E-state index in [2.05, 4.69) is 59.4 Å². The highest BCUT2D eigenvalue weighted by atomic mass is 28.4. The van der Waals surface area contributed by atoms with E-state index < -0.39 is 46.5 Å². The molecule has 8 nitrogen and oxygen atoms in total. The van der Waals surface area contributed by atoms with Gasteiger partial charge in [0.25, 0.3) is 0 Å². The molecule has 242 valence electrons. The lowest BCUT2D eigenvalue weighted by Crippen LogP contribution is -2.58. The zero-order chi connectivity index (χ0) is 32.5. The maximum atomic E-state index is 13.0. The lowest BCUT2D eigenvalue weighted by molar-refractivity contribution is -0.143. The fourth-order valence-electron chi connectivity index (χ4n) is 5.64. The predicted octanol–water partition coefficient (Wildman–Crippen LogP) is 7.10. The Labute approximate surface area is 262 Å². The van der Waals surface area contributed by atoms with E-state index in [4.69, 9.17) is 24.7 Å². The van der Waals surface area contributed by atoms with Gasteiger partial charge in [-0.05, 0) is 61.1 Å². The number of ketones is 1. The Morgan fingerprint density at radius 1 is 1.09 bits per heavy atom. The molecule has 0 aliphatic carbocycles. The highest BCUT2D eigenvalue weighted by molar-refractivity contribution is 6.74. The number of Topliss-reactive ketones (excluding diaryl/α,β-unsaturated/α-hetero) is 1. The fraction of sp³-hybridized carbons (Fsp3) is 0.667. The molecule has 0 aromatic heterocycles. The zero-order valence-corrected chi connectivity index (χ0v) is 29.5. The Morgan fingerprint density at radius 3 is 2.21 bits per heavy atom. The maximum absolute atomic E-state index is 13.0. The molecule has 0 saturated heterocycles. The molecule has 1 aliphatic heterocycles. The molecule has 10 heteroatoms. The van der Waals surface area contributed by atoms with Crippen molar-refractivity contribution in [1.82, 2.24) is 5.32 Å². The van der Waals surface area contributed by atoms with E-state index in [1.807, 2.05) is 25.2 Å². The van der Waals surface area contributed by atoms with Gasteiger partial charge >= 0.3 is 12.1 Å². The molecule has 1 aliphatic rings. The summed E-state index contributed by atoms with van der Waals surface area (Å²) in [5.41, 5.74) is -1.13. The summed E-state index contributed by atoms with van der Waals surface area (Å²) in [7, 11) is -4.66. The van der Waals surface area contributed by atoms with Gasteiger partial charge in [-0.2, -0.15) is 0 Å². The Balaban J connectivity index is 3.90. The van der Waals surface area contributed by atoms with Crippen LogP contribution in [-0.4, -0.2) is 65.4 Å². The first-order valence-electron chi connectivity index (χ1n) is 16.0. The molecular weight excluding hydrogens is 579 g/mol. The van der Waals surface area contributed by atoms with Crippen molar-refractivity contribution in [3.05, 3.63) is 37.0 Å². The van der Waals surface area contributed by atoms with E-state index in [1.54, 1.807) is 0 Å². The third-order valence-electron chi connectivity index (χ3n) is 9.05. The Hall–Kier alpha value is -2.46. The van der Waals surface area contributed by atoms with Crippen LogP contribution in [0.25, 0.3) is 0 Å². The Kier molecular flexibility index (Phi) is 17.1. The van der Waals surface area contributed by atoms with Gasteiger partial charge in [0.15, 0.2) is 16.6 Å². The van der Waals surface area contributed by atoms with E-state index >= 15 is 0 Å². The summed E-state index contributed by atoms with van der Waals surface area (Å²) in [5.74, 6) is 1.51. The fourth-order valence-corrected chi connectivity index (χ4v) is 11.6. The lowest BCUT2D eigenvalue weighted by Gasteiger charge is -2.48. The molecule has 0 saturated carbocycles. The highest BCUT2D eigenvalue weighted by Gasteiger charge is 2.48. The minimum absolute atomic E-state index is 0.00807. The number of esters is 1. The minimum atomic E-state index is -2.36. The molecule has 0 radical (unpaired) electrons. The number of carbonyl (C=O) groups is 3. The van der Waals surface area contributed by atoms with Gasteiger partial charge in [-0.1, -0.05) is 73.3 Å². The van der Waals surface area contributed by atoms with E-state index in [-0.39, 0.29) is 31.3 Å². The number of hydrogen-bond donors (Lipinski definition) is 1. The van der Waals surface area contributed by atoms with Crippen LogP contribution in [0.5, 0.6) is 0 Å². The smallest absolute Gasteiger partial charge is 0.407 e. The number of ether oxygens (including phenoxy) is 2. The summed E-state index contributed by atoms with van der Waals surface area (Å²) in [6.45, 7) is 18.8. The average Bonchev–Trinajstić information content (AvgIpc) is 3.03. The number of terminal acetylenes is 1. The highest BCUT2D eigenvalue weighted by Crippen LogP contribution is 2.39. The molecule has 0 fully saturated rings. The first-order chi connectivity index (χ1) is 20.5. The number of cyclic esters (lactones) is 1. The van der Waals surface area contributed by atoms with E-state index in [1.165, 1.54) is 12.2 Å². The van der Waals surface area contributed by atoms with Gasteiger partial charge < -0.3 is 23.6 Å². The van der Waals surface area contributed by atoms with Crippen molar-refractivity contribution < 1.29 is 32.7 Å². The summed E-state index contributed by atoms with van der Waals surface area (Å²) >= 11 is 0. The van der Waals surface area contributed by atoms with Gasteiger partial charge in [-0.3, -0.25) is 4.79 Å². The van der Waals surface area contributed by atoms with E-state index in [0.717, 1.165) is 42.7 Å². The topological polar surface area (TPSA) is 100 Å². The van der Waals surface area contributed by atoms with Crippen molar-refractivity contribution >= 4 is 34.5 Å². The normalized spacial score (nSPS) is 19.3. The Morgan fingerprint density at radius 2 is 1.70 bits per heavy atom. The standard InChI is InChI=1S/C33H55NO7Si2/c1-10-25-38-32(37)34-24-23-33(41-43(16-7,17-8)18-9,22-21-29-27(11-2)19-20-31(36)39-29)30(26-28(35)12-3)40-42(13-4,14-5)15-6/h3,10,19-22,27,29-30H,1,11,13-18,23-26H2,2,4-9H3,(H,34,37)/b22-21+/t27-,29-,30+,33-/m0/s1. The van der Waals surface area contributed by atoms with Gasteiger partial charge in [0, 0.05) is 25.0 Å². The summed E-state index contributed by atoms with van der Waals surface area (Å²) in [6, 6.07) is 5.18. The lowest BCUT2D eigenvalue weighted by atomic mass is 9.87. The molecule has 0 aromatic rings. The largest absolute Gasteiger partial charge is 0.454 e. The molecule has 0 spiro atoms. The number of amides is 1. The molecule has 1 N–H and O–H groups in total. The van der Waals surface area contributed by atoms with Crippen LogP contribution in [0.4, 0.5) is 4.79 Å². The first-order valence-corrected chi connectivity index (χ1v) is 21.0. The van der Waals surface area contributed by atoms with Crippen molar-refractivity contribution in [1.29, 1.82) is 0 Å². The van der Waals surface area contributed by atoms with Gasteiger partial charge in [0.2, 0.25) is 5.78 Å². The number of hydrogen-bond acceptors (Lipinski definition) is 7. The van der Waals surface area contributed by atoms with Gasteiger partial charge in [-0.15, -0.1) is 6.42 Å². The quantitative estimate of drug-likeness (QED) is 0.0473. The van der Waals surface area contributed by atoms with Gasteiger partial charge in [0.1, 0.15) is 18.3 Å².